The summed E-state index contributed by atoms with van der Waals surface area (Å²) >= 11 is 0. The molecule has 2 heterocycles. The molecule has 0 aromatic carbocycles. The first kappa shape index (κ1) is 16.7. The van der Waals surface area contributed by atoms with Gasteiger partial charge in [-0.3, -0.25) is 9.48 Å². The summed E-state index contributed by atoms with van der Waals surface area (Å²) < 4.78 is 2.90. The molecule has 0 radical (unpaired) electrons. The second-order valence-corrected chi connectivity index (χ2v) is 5.37. The zero-order valence-electron chi connectivity index (χ0n) is 13.6. The van der Waals surface area contributed by atoms with Crippen LogP contribution in [0.25, 0.3) is 0 Å². The molecule has 0 aliphatic carbocycles. The van der Waals surface area contributed by atoms with E-state index in [-0.39, 0.29) is 24.3 Å². The highest BCUT2D eigenvalue weighted by Crippen LogP contribution is 2.17. The van der Waals surface area contributed by atoms with Gasteiger partial charge in [0.2, 0.25) is 0 Å². The number of hydrogen-bond acceptors (Lipinski definition) is 5. The van der Waals surface area contributed by atoms with Crippen molar-refractivity contribution in [2.75, 3.05) is 0 Å². The summed E-state index contributed by atoms with van der Waals surface area (Å²) in [5, 5.41) is 22.1. The van der Waals surface area contributed by atoms with Crippen molar-refractivity contribution in [3.63, 3.8) is 0 Å². The maximum Gasteiger partial charge on any atom is 0.345 e. The van der Waals surface area contributed by atoms with E-state index in [4.69, 9.17) is 0 Å². The van der Waals surface area contributed by atoms with Gasteiger partial charge in [-0.25, -0.2) is 0 Å². The van der Waals surface area contributed by atoms with Crippen LogP contribution >= 0.6 is 0 Å². The van der Waals surface area contributed by atoms with E-state index in [1.807, 2.05) is 27.0 Å². The van der Waals surface area contributed by atoms with Crippen molar-refractivity contribution in [1.82, 2.24) is 24.9 Å². The van der Waals surface area contributed by atoms with Crippen LogP contribution in [0.1, 0.15) is 36.8 Å². The molecule has 2 aromatic heterocycles. The normalized spacial score (nSPS) is 12.2. The van der Waals surface area contributed by atoms with Crippen molar-refractivity contribution >= 4 is 11.7 Å². The molecule has 1 N–H and O–H groups in total. The minimum absolute atomic E-state index is 0.194. The maximum absolute atomic E-state index is 12.1. The molecule has 0 spiro atoms. The molecule has 2 rings (SSSR count). The van der Waals surface area contributed by atoms with Crippen molar-refractivity contribution in [2.45, 2.75) is 46.8 Å². The molecule has 1 amide bonds. The summed E-state index contributed by atoms with van der Waals surface area (Å²) in [6.45, 7) is 7.91. The average Bonchev–Trinajstić information content (AvgIpc) is 3.01. The minimum Gasteiger partial charge on any atom is -0.358 e. The lowest BCUT2D eigenvalue weighted by Gasteiger charge is -2.12. The second-order valence-electron chi connectivity index (χ2n) is 5.37. The first-order valence-corrected chi connectivity index (χ1v) is 7.34. The molecular formula is C14H20N6O3. The number of aryl methyl sites for hydroxylation is 3. The number of hydrogen-bond donors (Lipinski definition) is 1. The molecule has 0 fully saturated rings. The van der Waals surface area contributed by atoms with E-state index in [0.717, 1.165) is 22.5 Å². The third-order valence-corrected chi connectivity index (χ3v) is 3.51. The SMILES string of the molecule is CCn1cc(C(C)NC(=O)Cn2nc(C)cc2[N+](=O)[O-])c(C)n1. The molecule has 124 valence electrons. The van der Waals surface area contributed by atoms with Gasteiger partial charge in [0.1, 0.15) is 0 Å². The van der Waals surface area contributed by atoms with Crippen molar-refractivity contribution in [1.29, 1.82) is 0 Å². The van der Waals surface area contributed by atoms with Crippen LogP contribution in [-0.2, 0) is 17.9 Å². The number of amides is 1. The zero-order chi connectivity index (χ0) is 17.1. The van der Waals surface area contributed by atoms with Crippen molar-refractivity contribution < 1.29 is 9.72 Å². The minimum atomic E-state index is -0.549. The van der Waals surface area contributed by atoms with Gasteiger partial charge in [-0.05, 0) is 32.6 Å². The Bertz CT molecular complexity index is 733. The molecule has 9 heteroatoms. The van der Waals surface area contributed by atoms with Crippen LogP contribution in [-0.4, -0.2) is 30.4 Å². The smallest absolute Gasteiger partial charge is 0.345 e. The van der Waals surface area contributed by atoms with Crippen LogP contribution in [0, 0.1) is 24.0 Å². The quantitative estimate of drug-likeness (QED) is 0.641. The van der Waals surface area contributed by atoms with E-state index in [1.54, 1.807) is 11.6 Å². The maximum atomic E-state index is 12.1. The van der Waals surface area contributed by atoms with Crippen LogP contribution in [0.3, 0.4) is 0 Å². The lowest BCUT2D eigenvalue weighted by atomic mass is 10.1. The van der Waals surface area contributed by atoms with Crippen LogP contribution in [0.5, 0.6) is 0 Å². The standard InChI is InChI=1S/C14H20N6O3/c1-5-18-7-12(11(4)17-18)10(3)15-13(21)8-19-14(20(22)23)6-9(2)16-19/h6-7,10H,5,8H2,1-4H3,(H,15,21). The van der Waals surface area contributed by atoms with E-state index in [0.29, 0.717) is 5.69 Å². The van der Waals surface area contributed by atoms with E-state index in [2.05, 4.69) is 15.5 Å². The molecule has 0 saturated heterocycles. The van der Waals surface area contributed by atoms with Gasteiger partial charge in [-0.15, -0.1) is 4.68 Å². The summed E-state index contributed by atoms with van der Waals surface area (Å²) in [4.78, 5) is 22.5. The number of nitro groups is 1. The summed E-state index contributed by atoms with van der Waals surface area (Å²) in [6.07, 6.45) is 1.89. The molecule has 0 aliphatic heterocycles. The van der Waals surface area contributed by atoms with Gasteiger partial charge < -0.3 is 15.4 Å². The summed E-state index contributed by atoms with van der Waals surface area (Å²) in [6, 6.07) is 1.10. The second kappa shape index (κ2) is 6.59. The Morgan fingerprint density at radius 1 is 1.43 bits per heavy atom. The first-order chi connectivity index (χ1) is 10.8. The predicted molar refractivity (Wildman–Crippen MR) is 82.8 cm³/mol. The fraction of sp³-hybridized carbons (Fsp3) is 0.500. The Hall–Kier alpha value is -2.71. The topological polar surface area (TPSA) is 108 Å². The van der Waals surface area contributed by atoms with Crippen LogP contribution in [0.2, 0.25) is 0 Å². The number of carbonyl (C=O) groups is 1. The highest BCUT2D eigenvalue weighted by atomic mass is 16.6. The third-order valence-electron chi connectivity index (χ3n) is 3.51. The van der Waals surface area contributed by atoms with Crippen LogP contribution < -0.4 is 5.32 Å². The molecule has 1 atom stereocenters. The summed E-state index contributed by atoms with van der Waals surface area (Å²) in [5.74, 6) is -0.535. The average molecular weight is 320 g/mol. The first-order valence-electron chi connectivity index (χ1n) is 7.34. The molecule has 0 saturated carbocycles. The van der Waals surface area contributed by atoms with Crippen molar-refractivity contribution in [3.05, 3.63) is 39.3 Å². The Morgan fingerprint density at radius 3 is 2.70 bits per heavy atom. The molecule has 1 unspecified atom stereocenters. The fourth-order valence-corrected chi connectivity index (χ4v) is 2.42. The Balaban J connectivity index is 2.07. The Kier molecular flexibility index (Phi) is 4.77. The highest BCUT2D eigenvalue weighted by molar-refractivity contribution is 5.76. The molecule has 9 nitrogen and oxygen atoms in total. The lowest BCUT2D eigenvalue weighted by molar-refractivity contribution is -0.392. The van der Waals surface area contributed by atoms with Crippen LogP contribution in [0.4, 0.5) is 5.82 Å². The molecule has 0 bridgehead atoms. The van der Waals surface area contributed by atoms with E-state index in [1.165, 1.54) is 6.07 Å². The number of carbonyl (C=O) groups excluding carboxylic acids is 1. The van der Waals surface area contributed by atoms with E-state index in [9.17, 15) is 14.9 Å². The van der Waals surface area contributed by atoms with Crippen LogP contribution in [0.15, 0.2) is 12.3 Å². The molecule has 2 aromatic rings. The van der Waals surface area contributed by atoms with Gasteiger partial charge in [0.25, 0.3) is 5.91 Å². The van der Waals surface area contributed by atoms with Gasteiger partial charge >= 0.3 is 5.82 Å². The van der Waals surface area contributed by atoms with Crippen molar-refractivity contribution in [2.24, 2.45) is 0 Å². The van der Waals surface area contributed by atoms with Gasteiger partial charge in [0.05, 0.1) is 23.5 Å². The van der Waals surface area contributed by atoms with Gasteiger partial charge in [-0.1, -0.05) is 5.10 Å². The Labute approximate surface area is 133 Å². The Morgan fingerprint density at radius 2 is 2.13 bits per heavy atom. The van der Waals surface area contributed by atoms with Gasteiger partial charge in [0.15, 0.2) is 6.54 Å². The number of aromatic nitrogens is 4. The summed E-state index contributed by atoms with van der Waals surface area (Å²) in [5.41, 5.74) is 2.27. The third kappa shape index (κ3) is 3.74. The molecular weight excluding hydrogens is 300 g/mol. The highest BCUT2D eigenvalue weighted by Gasteiger charge is 2.21. The van der Waals surface area contributed by atoms with Crippen molar-refractivity contribution in [3.8, 4) is 0 Å². The molecule has 23 heavy (non-hydrogen) atoms. The number of nitrogens with one attached hydrogen (secondary N) is 1. The number of nitrogens with zero attached hydrogens (tertiary/aromatic N) is 5. The van der Waals surface area contributed by atoms with Gasteiger partial charge in [0, 0.05) is 18.3 Å². The predicted octanol–water partition coefficient (Wildman–Crippen LogP) is 1.50. The molecule has 0 aliphatic rings. The van der Waals surface area contributed by atoms with Gasteiger partial charge in [-0.2, -0.15) is 5.10 Å². The lowest BCUT2D eigenvalue weighted by Crippen LogP contribution is -2.31. The zero-order valence-corrected chi connectivity index (χ0v) is 13.6. The largest absolute Gasteiger partial charge is 0.358 e. The summed E-state index contributed by atoms with van der Waals surface area (Å²) in [7, 11) is 0. The van der Waals surface area contributed by atoms with E-state index < -0.39 is 4.92 Å². The fourth-order valence-electron chi connectivity index (χ4n) is 2.42. The monoisotopic (exact) mass is 320 g/mol. The van der Waals surface area contributed by atoms with E-state index >= 15 is 0 Å². The number of rotatable bonds is 6.